The number of pyridine rings is 1. The van der Waals surface area contributed by atoms with Crippen molar-refractivity contribution >= 4 is 17.5 Å². The molecule has 1 atom stereocenters. The first-order valence-electron chi connectivity index (χ1n) is 12.2. The third-order valence-corrected chi connectivity index (χ3v) is 7.08. The summed E-state index contributed by atoms with van der Waals surface area (Å²) in [6.45, 7) is 1.00. The summed E-state index contributed by atoms with van der Waals surface area (Å²) in [7, 11) is 0. The van der Waals surface area contributed by atoms with E-state index >= 15 is 0 Å². The Hall–Kier alpha value is -3.91. The van der Waals surface area contributed by atoms with Crippen molar-refractivity contribution in [2.75, 3.05) is 11.4 Å². The fourth-order valence-electron chi connectivity index (χ4n) is 5.44. The smallest absolute Gasteiger partial charge is 0.135 e. The molecule has 6 rings (SSSR count). The molecule has 2 heterocycles. The Labute approximate surface area is 201 Å². The second-order valence-electron chi connectivity index (χ2n) is 9.16. The lowest BCUT2D eigenvalue weighted by Crippen LogP contribution is -2.21. The van der Waals surface area contributed by atoms with Gasteiger partial charge in [-0.25, -0.2) is 4.98 Å². The van der Waals surface area contributed by atoms with E-state index in [4.69, 9.17) is 4.98 Å². The van der Waals surface area contributed by atoms with Crippen LogP contribution in [0.5, 0.6) is 0 Å². The zero-order chi connectivity index (χ0) is 22.7. The van der Waals surface area contributed by atoms with Crippen LogP contribution in [-0.2, 0) is 6.42 Å². The van der Waals surface area contributed by atoms with Crippen LogP contribution in [0.1, 0.15) is 41.0 Å². The molecule has 2 aliphatic rings. The molecule has 3 aromatic carbocycles. The fourth-order valence-corrected chi connectivity index (χ4v) is 5.44. The van der Waals surface area contributed by atoms with Crippen LogP contribution in [0.15, 0.2) is 121 Å². The van der Waals surface area contributed by atoms with Gasteiger partial charge in [0.15, 0.2) is 0 Å². The number of hydrogen-bond donors (Lipinski definition) is 0. The van der Waals surface area contributed by atoms with Gasteiger partial charge >= 0.3 is 0 Å². The van der Waals surface area contributed by atoms with E-state index in [1.807, 2.05) is 6.20 Å². The predicted molar refractivity (Wildman–Crippen MR) is 141 cm³/mol. The minimum Gasteiger partial charge on any atom is -0.329 e. The molecule has 1 aliphatic carbocycles. The van der Waals surface area contributed by atoms with E-state index in [-0.39, 0.29) is 0 Å². The summed E-state index contributed by atoms with van der Waals surface area (Å²) in [5.41, 5.74) is 9.47. The largest absolute Gasteiger partial charge is 0.329 e. The summed E-state index contributed by atoms with van der Waals surface area (Å²) in [5.74, 6) is 1.61. The second-order valence-corrected chi connectivity index (χ2v) is 9.16. The number of anilines is 1. The number of aromatic nitrogens is 1. The standard InChI is InChI=1S/C32H28N2/c1-4-11-24(12-5-1)21-29(26-15-8-3-9-16-26)30-22-28(25-13-6-2-7-14-25)23-31(30)34-20-18-27-17-10-19-33-32(27)34/h1-17,19,21,28H,18,20,22-23H2/b29-21+. The predicted octanol–water partition coefficient (Wildman–Crippen LogP) is 7.52. The molecule has 1 aromatic heterocycles. The molecule has 0 fully saturated rings. The van der Waals surface area contributed by atoms with E-state index < -0.39 is 0 Å². The molecule has 34 heavy (non-hydrogen) atoms. The van der Waals surface area contributed by atoms with Crippen LogP contribution in [0.3, 0.4) is 0 Å². The summed E-state index contributed by atoms with van der Waals surface area (Å²) in [4.78, 5) is 7.30. The van der Waals surface area contributed by atoms with Crippen molar-refractivity contribution in [3.05, 3.63) is 143 Å². The fraction of sp³-hybridized carbons (Fsp3) is 0.156. The van der Waals surface area contributed by atoms with Crippen LogP contribution < -0.4 is 4.90 Å². The van der Waals surface area contributed by atoms with E-state index in [0.29, 0.717) is 5.92 Å². The SMILES string of the molecule is C(=C(\C1=C(N2CCc3cccnc32)CC(c2ccccc2)C1)c1ccccc1)/c1ccccc1. The van der Waals surface area contributed by atoms with Gasteiger partial charge in [0.1, 0.15) is 5.82 Å². The third kappa shape index (κ3) is 3.97. The molecule has 0 N–H and O–H groups in total. The van der Waals surface area contributed by atoms with Crippen molar-refractivity contribution < 1.29 is 0 Å². The van der Waals surface area contributed by atoms with Gasteiger partial charge in [-0.2, -0.15) is 0 Å². The molecular formula is C32H28N2. The number of nitrogens with zero attached hydrogens (tertiary/aromatic N) is 2. The number of hydrogen-bond acceptors (Lipinski definition) is 2. The lowest BCUT2D eigenvalue weighted by atomic mass is 9.90. The van der Waals surface area contributed by atoms with E-state index in [0.717, 1.165) is 31.6 Å². The Morgan fingerprint density at radius 2 is 1.47 bits per heavy atom. The molecule has 166 valence electrons. The summed E-state index contributed by atoms with van der Waals surface area (Å²) < 4.78 is 0. The summed E-state index contributed by atoms with van der Waals surface area (Å²) in [6.07, 6.45) is 7.42. The van der Waals surface area contributed by atoms with Crippen LogP contribution in [0.2, 0.25) is 0 Å². The third-order valence-electron chi connectivity index (χ3n) is 7.08. The van der Waals surface area contributed by atoms with Gasteiger partial charge in [0.2, 0.25) is 0 Å². The Kier molecular flexibility index (Phi) is 5.56. The number of fused-ring (bicyclic) bond motifs is 1. The van der Waals surface area contributed by atoms with E-state index in [1.165, 1.54) is 39.1 Å². The summed E-state index contributed by atoms with van der Waals surface area (Å²) in [6, 6.07) is 36.9. The highest BCUT2D eigenvalue weighted by atomic mass is 15.2. The minimum atomic E-state index is 0.474. The van der Waals surface area contributed by atoms with Crippen molar-refractivity contribution in [1.29, 1.82) is 0 Å². The quantitative estimate of drug-likeness (QED) is 0.298. The van der Waals surface area contributed by atoms with Gasteiger partial charge in [0.05, 0.1) is 0 Å². The number of benzene rings is 3. The number of rotatable bonds is 5. The average molecular weight is 441 g/mol. The van der Waals surface area contributed by atoms with Gasteiger partial charge < -0.3 is 4.90 Å². The van der Waals surface area contributed by atoms with Crippen molar-refractivity contribution in [3.63, 3.8) is 0 Å². The molecule has 0 spiro atoms. The molecule has 0 amide bonds. The highest BCUT2D eigenvalue weighted by Crippen LogP contribution is 2.48. The van der Waals surface area contributed by atoms with Gasteiger partial charge in [-0.15, -0.1) is 0 Å². The van der Waals surface area contributed by atoms with Crippen LogP contribution in [0.25, 0.3) is 11.6 Å². The van der Waals surface area contributed by atoms with Crippen LogP contribution in [0, 0.1) is 0 Å². The maximum Gasteiger partial charge on any atom is 0.135 e. The zero-order valence-electron chi connectivity index (χ0n) is 19.3. The van der Waals surface area contributed by atoms with Gasteiger partial charge in [0.25, 0.3) is 0 Å². The van der Waals surface area contributed by atoms with Gasteiger partial charge in [-0.05, 0) is 70.7 Å². The molecule has 1 unspecified atom stereocenters. The van der Waals surface area contributed by atoms with Crippen LogP contribution in [0.4, 0.5) is 5.82 Å². The average Bonchev–Trinajstić information content (AvgIpc) is 3.53. The lowest BCUT2D eigenvalue weighted by molar-refractivity contribution is 0.722. The highest BCUT2D eigenvalue weighted by molar-refractivity contribution is 5.92. The Morgan fingerprint density at radius 1 is 0.765 bits per heavy atom. The molecule has 1 aliphatic heterocycles. The van der Waals surface area contributed by atoms with Crippen molar-refractivity contribution in [1.82, 2.24) is 4.98 Å². The van der Waals surface area contributed by atoms with Crippen molar-refractivity contribution in [3.8, 4) is 0 Å². The van der Waals surface area contributed by atoms with E-state index in [9.17, 15) is 0 Å². The second kappa shape index (κ2) is 9.15. The normalized spacial score (nSPS) is 17.8. The van der Waals surface area contributed by atoms with Crippen LogP contribution in [-0.4, -0.2) is 11.5 Å². The van der Waals surface area contributed by atoms with E-state index in [1.54, 1.807) is 0 Å². The topological polar surface area (TPSA) is 16.1 Å². The maximum absolute atomic E-state index is 4.81. The zero-order valence-corrected chi connectivity index (χ0v) is 19.3. The van der Waals surface area contributed by atoms with Crippen molar-refractivity contribution in [2.45, 2.75) is 25.2 Å². The Morgan fingerprint density at radius 3 is 2.24 bits per heavy atom. The molecular weight excluding hydrogens is 412 g/mol. The van der Waals surface area contributed by atoms with E-state index in [2.05, 4.69) is 114 Å². The van der Waals surface area contributed by atoms with Gasteiger partial charge in [0, 0.05) is 18.4 Å². The number of allylic oxidation sites excluding steroid dienone is 3. The first-order valence-corrected chi connectivity index (χ1v) is 12.2. The molecule has 2 heteroatoms. The molecule has 2 nitrogen and oxygen atoms in total. The Bertz CT molecular complexity index is 1340. The molecule has 4 aromatic rings. The summed E-state index contributed by atoms with van der Waals surface area (Å²) in [5, 5.41) is 0. The molecule has 0 radical (unpaired) electrons. The van der Waals surface area contributed by atoms with Crippen LogP contribution >= 0.6 is 0 Å². The molecule has 0 bridgehead atoms. The first-order chi connectivity index (χ1) is 16.9. The maximum atomic E-state index is 4.81. The minimum absolute atomic E-state index is 0.474. The molecule has 0 saturated heterocycles. The van der Waals surface area contributed by atoms with Gasteiger partial charge in [-0.1, -0.05) is 97.1 Å². The lowest BCUT2D eigenvalue weighted by Gasteiger charge is -2.23. The monoisotopic (exact) mass is 440 g/mol. The highest BCUT2D eigenvalue weighted by Gasteiger charge is 2.34. The summed E-state index contributed by atoms with van der Waals surface area (Å²) >= 11 is 0. The molecule has 0 saturated carbocycles. The van der Waals surface area contributed by atoms with Crippen molar-refractivity contribution in [2.24, 2.45) is 0 Å². The van der Waals surface area contributed by atoms with Gasteiger partial charge in [-0.3, -0.25) is 0 Å². The first kappa shape index (κ1) is 20.7. The Balaban J connectivity index is 1.51.